The van der Waals surface area contributed by atoms with Gasteiger partial charge in [-0.05, 0) is 60.4 Å². The van der Waals surface area contributed by atoms with Gasteiger partial charge >= 0.3 is 0 Å². The maximum atomic E-state index is 5.37. The number of methoxy groups -OCH3 is 2. The molecule has 0 spiro atoms. The summed E-state index contributed by atoms with van der Waals surface area (Å²) in [6.07, 6.45) is 0. The average Bonchev–Trinajstić information content (AvgIpc) is 2.95. The van der Waals surface area contributed by atoms with Crippen molar-refractivity contribution in [1.82, 2.24) is 0 Å². The highest BCUT2D eigenvalue weighted by molar-refractivity contribution is 6.00. The molecule has 0 atom stereocenters. The van der Waals surface area contributed by atoms with Gasteiger partial charge in [0.05, 0.1) is 37.0 Å². The molecule has 6 nitrogen and oxygen atoms in total. The number of hydrogen-bond donors (Lipinski definition) is 2. The van der Waals surface area contributed by atoms with Crippen LogP contribution in [-0.2, 0) is 0 Å². The van der Waals surface area contributed by atoms with Gasteiger partial charge in [-0.2, -0.15) is 10.2 Å². The first-order valence-electron chi connectivity index (χ1n) is 11.7. The van der Waals surface area contributed by atoms with Crippen LogP contribution in [0, 0.1) is 0 Å². The van der Waals surface area contributed by atoms with E-state index < -0.39 is 0 Å². The zero-order chi connectivity index (χ0) is 25.3. The van der Waals surface area contributed by atoms with Gasteiger partial charge in [-0.15, -0.1) is 0 Å². The fourth-order valence-corrected chi connectivity index (χ4v) is 3.70. The van der Waals surface area contributed by atoms with Crippen LogP contribution in [0.3, 0.4) is 0 Å². The summed E-state index contributed by atoms with van der Waals surface area (Å²) >= 11 is 0. The molecule has 0 unspecified atom stereocenters. The van der Waals surface area contributed by atoms with E-state index in [0.29, 0.717) is 0 Å². The minimum Gasteiger partial charge on any atom is -0.495 e. The third-order valence-electron chi connectivity index (χ3n) is 5.84. The summed E-state index contributed by atoms with van der Waals surface area (Å²) in [7, 11) is 3.30. The number of nitrogens with zero attached hydrogens (tertiary/aromatic N) is 2. The first kappa shape index (κ1) is 24.5. The molecule has 36 heavy (non-hydrogen) atoms. The Balaban J connectivity index is 1.42. The second kappa shape index (κ2) is 11.7. The molecule has 6 heteroatoms. The van der Waals surface area contributed by atoms with Crippen LogP contribution >= 0.6 is 0 Å². The van der Waals surface area contributed by atoms with Crippen molar-refractivity contribution in [2.24, 2.45) is 10.2 Å². The highest BCUT2D eigenvalue weighted by Gasteiger charge is 2.05. The summed E-state index contributed by atoms with van der Waals surface area (Å²) in [6, 6.07) is 32.2. The summed E-state index contributed by atoms with van der Waals surface area (Å²) in [4.78, 5) is 0. The molecule has 4 aromatic carbocycles. The van der Waals surface area contributed by atoms with Crippen molar-refractivity contribution in [3.8, 4) is 22.6 Å². The molecule has 0 aliphatic rings. The maximum Gasteiger partial charge on any atom is 0.143 e. The summed E-state index contributed by atoms with van der Waals surface area (Å²) in [5.74, 6) is 1.51. The zero-order valence-electron chi connectivity index (χ0n) is 20.9. The smallest absolute Gasteiger partial charge is 0.143 e. The molecule has 0 bridgehead atoms. The van der Waals surface area contributed by atoms with Crippen LogP contribution < -0.4 is 20.3 Å². The highest BCUT2D eigenvalue weighted by atomic mass is 16.5. The second-order valence-corrected chi connectivity index (χ2v) is 8.17. The molecule has 0 aromatic heterocycles. The predicted octanol–water partition coefficient (Wildman–Crippen LogP) is 7.04. The van der Waals surface area contributed by atoms with Crippen LogP contribution in [0.5, 0.6) is 11.5 Å². The Hall–Kier alpha value is -4.58. The SMILES string of the molecule is COc1ccccc1N/N=C(\C)c1ccc(-c2ccc(/C(C)=N/Nc3ccccc3OC)cc2)cc1. The van der Waals surface area contributed by atoms with Crippen LogP contribution in [0.15, 0.2) is 107 Å². The minimum absolute atomic E-state index is 0.753. The van der Waals surface area contributed by atoms with Gasteiger partial charge in [-0.1, -0.05) is 72.8 Å². The Kier molecular flexibility index (Phi) is 7.98. The molecule has 0 saturated carbocycles. The van der Waals surface area contributed by atoms with E-state index in [0.717, 1.165) is 56.6 Å². The lowest BCUT2D eigenvalue weighted by molar-refractivity contribution is 0.416. The number of anilines is 2. The number of nitrogens with one attached hydrogen (secondary N) is 2. The number of benzene rings is 4. The van der Waals surface area contributed by atoms with Gasteiger partial charge in [0.2, 0.25) is 0 Å². The van der Waals surface area contributed by atoms with E-state index in [1.165, 1.54) is 0 Å². The molecule has 0 heterocycles. The van der Waals surface area contributed by atoms with Crippen LogP contribution in [0.25, 0.3) is 11.1 Å². The molecular formula is C30H30N4O2. The number of ether oxygens (including phenoxy) is 2. The fourth-order valence-electron chi connectivity index (χ4n) is 3.70. The average molecular weight is 479 g/mol. The Morgan fingerprint density at radius 2 is 0.889 bits per heavy atom. The van der Waals surface area contributed by atoms with Gasteiger partial charge in [-0.25, -0.2) is 0 Å². The van der Waals surface area contributed by atoms with Crippen molar-refractivity contribution in [3.63, 3.8) is 0 Å². The number of hydrazone groups is 2. The lowest BCUT2D eigenvalue weighted by atomic mass is 10.0. The lowest BCUT2D eigenvalue weighted by Gasteiger charge is -2.09. The van der Waals surface area contributed by atoms with Crippen LogP contribution in [0.4, 0.5) is 11.4 Å². The molecule has 0 aliphatic carbocycles. The Morgan fingerprint density at radius 1 is 0.528 bits per heavy atom. The molecule has 0 aliphatic heterocycles. The van der Waals surface area contributed by atoms with Crippen molar-refractivity contribution in [3.05, 3.63) is 108 Å². The summed E-state index contributed by atoms with van der Waals surface area (Å²) in [6.45, 7) is 3.96. The number of rotatable bonds is 9. The quantitative estimate of drug-likeness (QED) is 0.200. The monoisotopic (exact) mass is 478 g/mol. The highest BCUT2D eigenvalue weighted by Crippen LogP contribution is 2.25. The number of para-hydroxylation sites is 4. The number of hydrogen-bond acceptors (Lipinski definition) is 6. The third-order valence-corrected chi connectivity index (χ3v) is 5.84. The van der Waals surface area contributed by atoms with Crippen molar-refractivity contribution in [2.75, 3.05) is 25.1 Å². The van der Waals surface area contributed by atoms with Crippen molar-refractivity contribution >= 4 is 22.8 Å². The molecule has 0 radical (unpaired) electrons. The molecular weight excluding hydrogens is 448 g/mol. The molecule has 0 saturated heterocycles. The van der Waals surface area contributed by atoms with Gasteiger partial charge in [0.15, 0.2) is 0 Å². The minimum atomic E-state index is 0.753. The van der Waals surface area contributed by atoms with Crippen LogP contribution in [-0.4, -0.2) is 25.6 Å². The molecule has 4 aromatic rings. The van der Waals surface area contributed by atoms with Crippen molar-refractivity contribution in [2.45, 2.75) is 13.8 Å². The van der Waals surface area contributed by atoms with E-state index in [2.05, 4.69) is 69.6 Å². The molecule has 182 valence electrons. The lowest BCUT2D eigenvalue weighted by Crippen LogP contribution is -2.01. The van der Waals surface area contributed by atoms with E-state index in [-0.39, 0.29) is 0 Å². The topological polar surface area (TPSA) is 67.2 Å². The maximum absolute atomic E-state index is 5.37. The first-order valence-corrected chi connectivity index (χ1v) is 11.7. The van der Waals surface area contributed by atoms with Crippen molar-refractivity contribution in [1.29, 1.82) is 0 Å². The van der Waals surface area contributed by atoms with E-state index in [4.69, 9.17) is 9.47 Å². The van der Waals surface area contributed by atoms with Crippen LogP contribution in [0.1, 0.15) is 25.0 Å². The van der Waals surface area contributed by atoms with Gasteiger partial charge < -0.3 is 9.47 Å². The summed E-state index contributed by atoms with van der Waals surface area (Å²) in [5, 5.41) is 9.03. The molecule has 4 rings (SSSR count). The molecule has 0 amide bonds. The van der Waals surface area contributed by atoms with Crippen molar-refractivity contribution < 1.29 is 9.47 Å². The fraction of sp³-hybridized carbons (Fsp3) is 0.133. The second-order valence-electron chi connectivity index (χ2n) is 8.17. The van der Waals surface area contributed by atoms with Gasteiger partial charge in [0, 0.05) is 0 Å². The van der Waals surface area contributed by atoms with E-state index in [9.17, 15) is 0 Å². The first-order chi connectivity index (χ1) is 17.6. The van der Waals surface area contributed by atoms with Crippen LogP contribution in [0.2, 0.25) is 0 Å². The van der Waals surface area contributed by atoms with Gasteiger partial charge in [0.1, 0.15) is 11.5 Å². The Bertz CT molecular complexity index is 1250. The summed E-state index contributed by atoms with van der Waals surface area (Å²) < 4.78 is 10.7. The predicted molar refractivity (Wildman–Crippen MR) is 150 cm³/mol. The van der Waals surface area contributed by atoms with Gasteiger partial charge in [-0.3, -0.25) is 10.9 Å². The van der Waals surface area contributed by atoms with E-state index in [1.54, 1.807) is 14.2 Å². The molecule has 2 N–H and O–H groups in total. The van der Waals surface area contributed by atoms with E-state index in [1.807, 2.05) is 62.4 Å². The zero-order valence-corrected chi connectivity index (χ0v) is 20.9. The Labute approximate surface area is 212 Å². The summed E-state index contributed by atoms with van der Waals surface area (Å²) in [5.41, 5.74) is 14.0. The normalized spacial score (nSPS) is 11.7. The third kappa shape index (κ3) is 5.91. The largest absolute Gasteiger partial charge is 0.495 e. The van der Waals surface area contributed by atoms with Gasteiger partial charge in [0.25, 0.3) is 0 Å². The Morgan fingerprint density at radius 3 is 1.25 bits per heavy atom. The molecule has 0 fully saturated rings. The standard InChI is InChI=1S/C30H30N4O2/c1-21(31-33-27-9-5-7-11-29(27)35-3)23-13-17-25(18-14-23)26-19-15-24(16-20-26)22(2)32-34-28-10-6-8-12-30(28)36-4/h5-20,33-34H,1-4H3/b31-21+,32-22+. The van der Waals surface area contributed by atoms with E-state index >= 15 is 0 Å².